The summed E-state index contributed by atoms with van der Waals surface area (Å²) >= 11 is 2.23. The smallest absolute Gasteiger partial charge is 0.267 e. The largest absolute Gasteiger partial charge is 0.271 e. The molecule has 172 valence electrons. The molecule has 3 aromatic carbocycles. The first kappa shape index (κ1) is 24.9. The molecule has 0 aliphatic carbocycles. The molecule has 0 saturated heterocycles. The highest BCUT2D eigenvalue weighted by molar-refractivity contribution is 14.1. The summed E-state index contributed by atoms with van der Waals surface area (Å²) in [6.45, 7) is 5.95. The first-order valence-corrected chi connectivity index (χ1v) is 13.2. The van der Waals surface area contributed by atoms with Gasteiger partial charge in [0, 0.05) is 9.13 Å². The predicted octanol–water partition coefficient (Wildman–Crippen LogP) is 5.03. The van der Waals surface area contributed by atoms with Crippen LogP contribution in [0.3, 0.4) is 0 Å². The van der Waals surface area contributed by atoms with Gasteiger partial charge in [-0.1, -0.05) is 30.3 Å². The zero-order valence-corrected chi connectivity index (χ0v) is 21.9. The number of aryl methyl sites for hydroxylation is 2. The number of amides is 1. The van der Waals surface area contributed by atoms with Crippen LogP contribution in [0.15, 0.2) is 71.8 Å². The molecule has 0 aliphatic heterocycles. The lowest BCUT2D eigenvalue weighted by atomic mass is 10.1. The molecule has 0 aliphatic rings. The van der Waals surface area contributed by atoms with Crippen LogP contribution in [0.25, 0.3) is 0 Å². The van der Waals surface area contributed by atoms with E-state index < -0.39 is 10.0 Å². The van der Waals surface area contributed by atoms with Gasteiger partial charge in [0.05, 0.1) is 24.2 Å². The minimum Gasteiger partial charge on any atom is -0.267 e. The van der Waals surface area contributed by atoms with Gasteiger partial charge in [-0.05, 0) is 102 Å². The Morgan fingerprint density at radius 1 is 0.970 bits per heavy atom. The quantitative estimate of drug-likeness (QED) is 0.244. The molecule has 0 bridgehead atoms. The molecule has 0 unspecified atom stereocenters. The fourth-order valence-corrected chi connectivity index (χ4v) is 4.61. The number of carbonyl (C=O) groups is 1. The molecule has 1 amide bonds. The van der Waals surface area contributed by atoms with Gasteiger partial charge in [-0.25, -0.2) is 13.8 Å². The summed E-state index contributed by atoms with van der Waals surface area (Å²) in [7, 11) is -3.48. The van der Waals surface area contributed by atoms with E-state index in [1.54, 1.807) is 30.3 Å². The van der Waals surface area contributed by atoms with Crippen molar-refractivity contribution in [3.63, 3.8) is 0 Å². The van der Waals surface area contributed by atoms with E-state index in [0.29, 0.717) is 17.0 Å². The van der Waals surface area contributed by atoms with Crippen LogP contribution in [0.4, 0.5) is 5.69 Å². The molecule has 3 aromatic rings. The highest BCUT2D eigenvalue weighted by Crippen LogP contribution is 2.23. The predicted molar refractivity (Wildman–Crippen MR) is 142 cm³/mol. The monoisotopic (exact) mass is 575 g/mol. The first-order valence-electron chi connectivity index (χ1n) is 10.3. The second-order valence-corrected chi connectivity index (χ2v) is 11.0. The van der Waals surface area contributed by atoms with Crippen molar-refractivity contribution >= 4 is 49.9 Å². The van der Waals surface area contributed by atoms with Crippen molar-refractivity contribution in [2.75, 3.05) is 10.6 Å². The fraction of sp³-hybridized carbons (Fsp3) is 0.200. The minimum absolute atomic E-state index is 0.174. The number of anilines is 1. The highest BCUT2D eigenvalue weighted by Gasteiger charge is 2.18. The number of halogens is 1. The van der Waals surface area contributed by atoms with Gasteiger partial charge in [0.25, 0.3) is 5.91 Å². The minimum atomic E-state index is -3.48. The number of benzene rings is 3. The average molecular weight is 575 g/mol. The summed E-state index contributed by atoms with van der Waals surface area (Å²) in [6, 6.07) is 20.3. The Labute approximate surface area is 208 Å². The third kappa shape index (κ3) is 6.64. The van der Waals surface area contributed by atoms with Crippen LogP contribution in [-0.4, -0.2) is 26.3 Å². The van der Waals surface area contributed by atoms with Crippen LogP contribution in [0.1, 0.15) is 39.5 Å². The number of hydrogen-bond donors (Lipinski definition) is 1. The maximum Gasteiger partial charge on any atom is 0.271 e. The van der Waals surface area contributed by atoms with Crippen molar-refractivity contribution in [3.8, 4) is 0 Å². The second kappa shape index (κ2) is 10.5. The van der Waals surface area contributed by atoms with E-state index in [4.69, 9.17) is 0 Å². The molecule has 8 heteroatoms. The van der Waals surface area contributed by atoms with Crippen LogP contribution < -0.4 is 9.73 Å². The fourth-order valence-electron chi connectivity index (χ4n) is 3.19. The number of hydrazone groups is 1. The van der Waals surface area contributed by atoms with Gasteiger partial charge in [-0.3, -0.25) is 9.10 Å². The molecular weight excluding hydrogens is 549 g/mol. The number of carbonyl (C=O) groups excluding carboxylic acids is 1. The second-order valence-electron chi connectivity index (χ2n) is 7.88. The van der Waals surface area contributed by atoms with E-state index in [9.17, 15) is 13.2 Å². The van der Waals surface area contributed by atoms with Crippen LogP contribution in [0.2, 0.25) is 0 Å². The number of rotatable bonds is 7. The third-order valence-electron chi connectivity index (χ3n) is 5.29. The number of nitrogens with zero attached hydrogens (tertiary/aromatic N) is 2. The van der Waals surface area contributed by atoms with Crippen LogP contribution in [0.5, 0.6) is 0 Å². The molecule has 0 spiro atoms. The molecular formula is C25H26IN3O3S. The summed E-state index contributed by atoms with van der Waals surface area (Å²) in [5.74, 6) is -0.333. The normalized spacial score (nSPS) is 11.8. The molecule has 0 saturated carbocycles. The van der Waals surface area contributed by atoms with E-state index in [0.717, 1.165) is 25.8 Å². The van der Waals surface area contributed by atoms with E-state index >= 15 is 0 Å². The lowest BCUT2D eigenvalue weighted by molar-refractivity contribution is 0.0955. The molecule has 6 nitrogen and oxygen atoms in total. The highest BCUT2D eigenvalue weighted by atomic mass is 127. The molecule has 0 radical (unpaired) electrons. The Hall–Kier alpha value is -2.72. The van der Waals surface area contributed by atoms with Crippen molar-refractivity contribution in [1.29, 1.82) is 0 Å². The number of nitrogens with one attached hydrogen (secondary N) is 1. The molecule has 1 N–H and O–H groups in total. The number of sulfonamides is 1. The third-order valence-corrected chi connectivity index (χ3v) is 7.10. The van der Waals surface area contributed by atoms with Crippen LogP contribution in [0, 0.1) is 17.4 Å². The van der Waals surface area contributed by atoms with Crippen LogP contribution in [-0.2, 0) is 16.6 Å². The molecule has 3 rings (SSSR count). The van der Waals surface area contributed by atoms with Crippen molar-refractivity contribution < 1.29 is 13.2 Å². The summed E-state index contributed by atoms with van der Waals surface area (Å²) < 4.78 is 27.3. The van der Waals surface area contributed by atoms with Gasteiger partial charge in [0.15, 0.2) is 0 Å². The summed E-state index contributed by atoms with van der Waals surface area (Å²) in [5, 5.41) is 4.20. The Bertz CT molecular complexity index is 1300. The maximum atomic E-state index is 12.5. The van der Waals surface area contributed by atoms with Gasteiger partial charge in [0.1, 0.15) is 0 Å². The first-order chi connectivity index (χ1) is 15.5. The van der Waals surface area contributed by atoms with Crippen LogP contribution >= 0.6 is 22.6 Å². The summed E-state index contributed by atoms with van der Waals surface area (Å²) in [4.78, 5) is 12.5. The lowest BCUT2D eigenvalue weighted by Crippen LogP contribution is -2.29. The average Bonchev–Trinajstić information content (AvgIpc) is 2.77. The SMILES string of the molecule is C/C(=N\NC(=O)c1ccc(CN(c2ccc(C)c(C)c2)S(C)(=O)=O)cc1)c1cccc(I)c1. The number of hydrogen-bond acceptors (Lipinski definition) is 4. The van der Waals surface area contributed by atoms with Gasteiger partial charge in [-0.2, -0.15) is 5.10 Å². The maximum absolute atomic E-state index is 12.5. The van der Waals surface area contributed by atoms with Gasteiger partial charge in [-0.15, -0.1) is 0 Å². The van der Waals surface area contributed by atoms with Gasteiger partial charge >= 0.3 is 0 Å². The Morgan fingerprint density at radius 2 is 1.67 bits per heavy atom. The van der Waals surface area contributed by atoms with E-state index in [-0.39, 0.29) is 12.5 Å². The zero-order chi connectivity index (χ0) is 24.2. The van der Waals surface area contributed by atoms with Crippen molar-refractivity contribution in [1.82, 2.24) is 5.43 Å². The van der Waals surface area contributed by atoms with E-state index in [2.05, 4.69) is 33.1 Å². The zero-order valence-electron chi connectivity index (χ0n) is 19.0. The van der Waals surface area contributed by atoms with Crippen molar-refractivity contribution in [2.45, 2.75) is 27.3 Å². The molecule has 33 heavy (non-hydrogen) atoms. The molecule has 0 atom stereocenters. The van der Waals surface area contributed by atoms with Gasteiger partial charge < -0.3 is 0 Å². The lowest BCUT2D eigenvalue weighted by Gasteiger charge is -2.23. The van der Waals surface area contributed by atoms with Crippen molar-refractivity contribution in [3.05, 3.63) is 98.1 Å². The Morgan fingerprint density at radius 3 is 2.27 bits per heavy atom. The van der Waals surface area contributed by atoms with Gasteiger partial charge in [0.2, 0.25) is 10.0 Å². The molecule has 0 heterocycles. The summed E-state index contributed by atoms with van der Waals surface area (Å²) in [5.41, 5.74) is 8.17. The summed E-state index contributed by atoms with van der Waals surface area (Å²) in [6.07, 6.45) is 1.19. The van der Waals surface area contributed by atoms with E-state index in [1.165, 1.54) is 10.6 Å². The standard InChI is InChI=1S/C25H26IN3O3S/c1-17-8-13-24(14-18(17)2)29(33(4,31)32)16-20-9-11-21(12-10-20)25(30)28-27-19(3)22-6-5-7-23(26)15-22/h5-15H,16H2,1-4H3,(H,28,30)/b27-19+. The molecule has 0 aromatic heterocycles. The Kier molecular flexibility index (Phi) is 7.91. The molecule has 0 fully saturated rings. The van der Waals surface area contributed by atoms with Crippen molar-refractivity contribution in [2.24, 2.45) is 5.10 Å². The van der Waals surface area contributed by atoms with E-state index in [1.807, 2.05) is 57.2 Å². The topological polar surface area (TPSA) is 78.8 Å². The Balaban J connectivity index is 1.73.